The summed E-state index contributed by atoms with van der Waals surface area (Å²) in [6.45, 7) is 6.07. The molecule has 0 fully saturated rings. The fraction of sp³-hybridized carbons (Fsp3) is 0.467. The molecule has 4 nitrogen and oxygen atoms in total. The van der Waals surface area contributed by atoms with Gasteiger partial charge in [0.2, 0.25) is 5.89 Å². The van der Waals surface area contributed by atoms with Gasteiger partial charge in [-0.3, -0.25) is 0 Å². The maximum absolute atomic E-state index is 5.94. The molecule has 2 aromatic rings. The maximum Gasteiger partial charge on any atom is 0.226 e. The number of nitrogens with zero attached hydrogens (tertiary/aromatic N) is 2. The van der Waals surface area contributed by atoms with E-state index in [4.69, 9.17) is 10.3 Å². The highest BCUT2D eigenvalue weighted by molar-refractivity contribution is 5.24. The average Bonchev–Trinajstić information content (AvgIpc) is 2.73. The molecule has 0 spiro atoms. The molecule has 0 saturated heterocycles. The van der Waals surface area contributed by atoms with E-state index in [1.54, 1.807) is 0 Å². The SMILES string of the molecule is Cc1cccc(Cc2noc(CCC(C)(C)N)n2)c1. The van der Waals surface area contributed by atoms with Crippen molar-refractivity contribution in [2.45, 2.75) is 45.6 Å². The van der Waals surface area contributed by atoms with E-state index in [-0.39, 0.29) is 5.54 Å². The largest absolute Gasteiger partial charge is 0.339 e. The second-order valence-electron chi connectivity index (χ2n) is 5.76. The molecule has 1 heterocycles. The van der Waals surface area contributed by atoms with Crippen molar-refractivity contribution in [3.05, 3.63) is 47.1 Å². The molecule has 0 aliphatic carbocycles. The first kappa shape index (κ1) is 13.7. The summed E-state index contributed by atoms with van der Waals surface area (Å²) in [5, 5.41) is 4.01. The molecular formula is C15H21N3O. The standard InChI is InChI=1S/C15H21N3O/c1-11-5-4-6-12(9-11)10-13-17-14(19-18-13)7-8-15(2,3)16/h4-6,9H,7-8,10,16H2,1-3H3. The number of rotatable bonds is 5. The van der Waals surface area contributed by atoms with Crippen LogP contribution in [0, 0.1) is 6.92 Å². The highest BCUT2D eigenvalue weighted by Crippen LogP contribution is 2.12. The summed E-state index contributed by atoms with van der Waals surface area (Å²) in [7, 11) is 0. The van der Waals surface area contributed by atoms with Gasteiger partial charge in [-0.05, 0) is 32.8 Å². The Kier molecular flexibility index (Phi) is 4.00. The number of hydrogen-bond donors (Lipinski definition) is 1. The highest BCUT2D eigenvalue weighted by atomic mass is 16.5. The van der Waals surface area contributed by atoms with E-state index in [2.05, 4.69) is 35.3 Å². The van der Waals surface area contributed by atoms with Crippen LogP contribution in [0.25, 0.3) is 0 Å². The lowest BCUT2D eigenvalue weighted by Gasteiger charge is -2.16. The van der Waals surface area contributed by atoms with Crippen LogP contribution in [0.2, 0.25) is 0 Å². The predicted octanol–water partition coefficient (Wildman–Crippen LogP) is 2.64. The summed E-state index contributed by atoms with van der Waals surface area (Å²) < 4.78 is 5.25. The fourth-order valence-corrected chi connectivity index (χ4v) is 1.90. The number of hydrogen-bond acceptors (Lipinski definition) is 4. The summed E-state index contributed by atoms with van der Waals surface area (Å²) in [5.74, 6) is 1.40. The van der Waals surface area contributed by atoms with Crippen LogP contribution in [0.1, 0.15) is 43.1 Å². The third kappa shape index (κ3) is 4.48. The summed E-state index contributed by atoms with van der Waals surface area (Å²) in [5.41, 5.74) is 8.18. The minimum Gasteiger partial charge on any atom is -0.339 e. The van der Waals surface area contributed by atoms with E-state index < -0.39 is 0 Å². The molecule has 0 atom stereocenters. The number of aryl methyl sites for hydroxylation is 2. The zero-order chi connectivity index (χ0) is 13.9. The first-order valence-electron chi connectivity index (χ1n) is 6.58. The Balaban J connectivity index is 1.97. The molecule has 0 aliphatic heterocycles. The summed E-state index contributed by atoms with van der Waals surface area (Å²) in [6, 6.07) is 8.34. The summed E-state index contributed by atoms with van der Waals surface area (Å²) in [6.07, 6.45) is 2.26. The topological polar surface area (TPSA) is 64.9 Å². The molecular weight excluding hydrogens is 238 g/mol. The Bertz CT molecular complexity index is 540. The number of benzene rings is 1. The van der Waals surface area contributed by atoms with Crippen LogP contribution in [0.15, 0.2) is 28.8 Å². The van der Waals surface area contributed by atoms with Crippen LogP contribution in [0.3, 0.4) is 0 Å². The molecule has 1 aromatic carbocycles. The minimum absolute atomic E-state index is 0.203. The minimum atomic E-state index is -0.203. The van der Waals surface area contributed by atoms with Gasteiger partial charge in [0.1, 0.15) is 0 Å². The van der Waals surface area contributed by atoms with Crippen molar-refractivity contribution in [2.75, 3.05) is 0 Å². The van der Waals surface area contributed by atoms with Crippen LogP contribution >= 0.6 is 0 Å². The van der Waals surface area contributed by atoms with Crippen molar-refractivity contribution in [3.8, 4) is 0 Å². The summed E-state index contributed by atoms with van der Waals surface area (Å²) >= 11 is 0. The van der Waals surface area contributed by atoms with E-state index in [0.717, 1.165) is 18.7 Å². The van der Waals surface area contributed by atoms with E-state index in [9.17, 15) is 0 Å². The van der Waals surface area contributed by atoms with Crippen molar-refractivity contribution in [2.24, 2.45) is 5.73 Å². The smallest absolute Gasteiger partial charge is 0.226 e. The predicted molar refractivity (Wildman–Crippen MR) is 74.9 cm³/mol. The Morgan fingerprint density at radius 3 is 2.79 bits per heavy atom. The normalized spacial score (nSPS) is 11.8. The lowest BCUT2D eigenvalue weighted by atomic mass is 10.0. The van der Waals surface area contributed by atoms with Gasteiger partial charge in [0.05, 0.1) is 0 Å². The van der Waals surface area contributed by atoms with Crippen molar-refractivity contribution in [1.82, 2.24) is 10.1 Å². The number of nitrogens with two attached hydrogens (primary N) is 1. The van der Waals surface area contributed by atoms with Gasteiger partial charge in [0.25, 0.3) is 0 Å². The van der Waals surface area contributed by atoms with Gasteiger partial charge >= 0.3 is 0 Å². The monoisotopic (exact) mass is 259 g/mol. The molecule has 19 heavy (non-hydrogen) atoms. The quantitative estimate of drug-likeness (QED) is 0.896. The highest BCUT2D eigenvalue weighted by Gasteiger charge is 2.14. The van der Waals surface area contributed by atoms with Crippen molar-refractivity contribution < 1.29 is 4.52 Å². The molecule has 0 unspecified atom stereocenters. The molecule has 102 valence electrons. The van der Waals surface area contributed by atoms with Crippen LogP contribution in [0.5, 0.6) is 0 Å². The molecule has 4 heteroatoms. The second kappa shape index (κ2) is 5.53. The van der Waals surface area contributed by atoms with E-state index >= 15 is 0 Å². The zero-order valence-corrected chi connectivity index (χ0v) is 11.8. The second-order valence-corrected chi connectivity index (χ2v) is 5.76. The Hall–Kier alpha value is -1.68. The van der Waals surface area contributed by atoms with Gasteiger partial charge in [-0.2, -0.15) is 4.98 Å². The molecule has 2 N–H and O–H groups in total. The molecule has 0 radical (unpaired) electrons. The fourth-order valence-electron chi connectivity index (χ4n) is 1.90. The molecule has 0 saturated carbocycles. The van der Waals surface area contributed by atoms with Gasteiger partial charge < -0.3 is 10.3 Å². The first-order chi connectivity index (χ1) is 8.92. The van der Waals surface area contributed by atoms with Crippen LogP contribution in [-0.2, 0) is 12.8 Å². The van der Waals surface area contributed by atoms with Crippen LogP contribution in [0.4, 0.5) is 0 Å². The average molecular weight is 259 g/mol. The lowest BCUT2D eigenvalue weighted by Crippen LogP contribution is -2.32. The van der Waals surface area contributed by atoms with Gasteiger partial charge in [0, 0.05) is 18.4 Å². The van der Waals surface area contributed by atoms with Crippen LogP contribution < -0.4 is 5.73 Å². The Morgan fingerprint density at radius 2 is 2.11 bits per heavy atom. The molecule has 1 aromatic heterocycles. The van der Waals surface area contributed by atoms with E-state index in [0.29, 0.717) is 12.3 Å². The zero-order valence-electron chi connectivity index (χ0n) is 11.8. The van der Waals surface area contributed by atoms with Gasteiger partial charge in [-0.25, -0.2) is 0 Å². The van der Waals surface area contributed by atoms with Crippen LogP contribution in [-0.4, -0.2) is 15.7 Å². The Morgan fingerprint density at radius 1 is 1.32 bits per heavy atom. The third-order valence-corrected chi connectivity index (χ3v) is 2.94. The Labute approximate surface area is 114 Å². The first-order valence-corrected chi connectivity index (χ1v) is 6.58. The van der Waals surface area contributed by atoms with Crippen molar-refractivity contribution in [1.29, 1.82) is 0 Å². The summed E-state index contributed by atoms with van der Waals surface area (Å²) in [4.78, 5) is 4.40. The molecule has 2 rings (SSSR count). The lowest BCUT2D eigenvalue weighted by molar-refractivity contribution is 0.355. The van der Waals surface area contributed by atoms with Gasteiger partial charge in [-0.15, -0.1) is 0 Å². The number of aromatic nitrogens is 2. The third-order valence-electron chi connectivity index (χ3n) is 2.94. The van der Waals surface area contributed by atoms with Crippen molar-refractivity contribution >= 4 is 0 Å². The van der Waals surface area contributed by atoms with E-state index in [1.807, 2.05) is 19.9 Å². The molecule has 0 amide bonds. The van der Waals surface area contributed by atoms with E-state index in [1.165, 1.54) is 11.1 Å². The molecule has 0 aliphatic rings. The van der Waals surface area contributed by atoms with Gasteiger partial charge in [0.15, 0.2) is 5.82 Å². The van der Waals surface area contributed by atoms with Gasteiger partial charge in [-0.1, -0.05) is 35.0 Å². The van der Waals surface area contributed by atoms with Crippen molar-refractivity contribution in [3.63, 3.8) is 0 Å². The maximum atomic E-state index is 5.94. The molecule has 0 bridgehead atoms.